The van der Waals surface area contributed by atoms with E-state index in [0.717, 1.165) is 51.8 Å². The van der Waals surface area contributed by atoms with Crippen LogP contribution < -0.4 is 14.4 Å². The number of nitrogens with one attached hydrogen (secondary N) is 1. The van der Waals surface area contributed by atoms with E-state index in [9.17, 15) is 18.0 Å². The molecule has 1 fully saturated rings. The molecule has 1 atom stereocenters. The van der Waals surface area contributed by atoms with Gasteiger partial charge in [-0.3, -0.25) is 13.9 Å². The first-order valence-electron chi connectivity index (χ1n) is 12.0. The lowest BCUT2D eigenvalue weighted by atomic mass is 10.1. The zero-order valence-electron chi connectivity index (χ0n) is 21.2. The van der Waals surface area contributed by atoms with E-state index in [1.807, 2.05) is 31.2 Å². The maximum Gasteiger partial charge on any atom is 0.244 e. The smallest absolute Gasteiger partial charge is 0.244 e. The van der Waals surface area contributed by atoms with Crippen molar-refractivity contribution in [2.24, 2.45) is 0 Å². The van der Waals surface area contributed by atoms with Crippen LogP contribution in [-0.4, -0.2) is 57.1 Å². The maximum atomic E-state index is 13.7. The number of hydrogen-bond acceptors (Lipinski definition) is 5. The van der Waals surface area contributed by atoms with Crippen LogP contribution in [0.5, 0.6) is 5.75 Å². The summed E-state index contributed by atoms with van der Waals surface area (Å²) in [5, 5.41) is 3.06. The number of ether oxygens (including phenoxy) is 1. The number of carbonyl (C=O) groups excluding carboxylic acids is 2. The molecule has 0 aliphatic heterocycles. The van der Waals surface area contributed by atoms with Crippen LogP contribution in [0.4, 0.5) is 5.69 Å². The van der Waals surface area contributed by atoms with Gasteiger partial charge in [0.05, 0.1) is 19.1 Å². The molecule has 196 valence electrons. The van der Waals surface area contributed by atoms with E-state index in [2.05, 4.69) is 21.2 Å². The Labute approximate surface area is 222 Å². The fourth-order valence-corrected chi connectivity index (χ4v) is 5.46. The van der Waals surface area contributed by atoms with Crippen LogP contribution in [0.25, 0.3) is 0 Å². The van der Waals surface area contributed by atoms with Crippen molar-refractivity contribution in [2.75, 3.05) is 24.2 Å². The Morgan fingerprint density at radius 3 is 2.36 bits per heavy atom. The number of benzene rings is 2. The molecule has 1 aliphatic carbocycles. The van der Waals surface area contributed by atoms with Crippen LogP contribution in [-0.2, 0) is 26.2 Å². The monoisotopic (exact) mass is 579 g/mol. The number of sulfonamides is 1. The molecule has 0 aromatic heterocycles. The van der Waals surface area contributed by atoms with Crippen LogP contribution in [0.3, 0.4) is 0 Å². The standard InChI is InChI=1S/C26H34BrN3O5S/c1-18-9-14-24(35-3)23(15-18)30(36(4,33)34)17-25(31)29(16-20-10-12-21(27)13-11-20)19(2)26(32)28-22-7-5-6-8-22/h9-15,19,22H,5-8,16-17H2,1-4H3,(H,28,32). The Kier molecular flexibility index (Phi) is 9.41. The number of carbonyl (C=O) groups is 2. The molecule has 0 spiro atoms. The lowest BCUT2D eigenvalue weighted by molar-refractivity contribution is -0.139. The molecule has 1 saturated carbocycles. The fraction of sp³-hybridized carbons (Fsp3) is 0.462. The van der Waals surface area contributed by atoms with E-state index in [1.54, 1.807) is 25.1 Å². The van der Waals surface area contributed by atoms with Crippen molar-refractivity contribution < 1.29 is 22.7 Å². The van der Waals surface area contributed by atoms with Gasteiger partial charge >= 0.3 is 0 Å². The van der Waals surface area contributed by atoms with E-state index in [4.69, 9.17) is 4.74 Å². The first kappa shape index (κ1) is 28.0. The molecule has 2 amide bonds. The summed E-state index contributed by atoms with van der Waals surface area (Å²) in [6, 6.07) is 11.9. The minimum Gasteiger partial charge on any atom is -0.495 e. The summed E-state index contributed by atoms with van der Waals surface area (Å²) in [7, 11) is -2.39. The van der Waals surface area contributed by atoms with Crippen molar-refractivity contribution in [3.63, 3.8) is 0 Å². The molecule has 0 saturated heterocycles. The van der Waals surface area contributed by atoms with Crippen molar-refractivity contribution in [1.82, 2.24) is 10.2 Å². The van der Waals surface area contributed by atoms with Gasteiger partial charge in [0.25, 0.3) is 0 Å². The predicted molar refractivity (Wildman–Crippen MR) is 144 cm³/mol. The summed E-state index contributed by atoms with van der Waals surface area (Å²) in [5.74, 6) is -0.391. The highest BCUT2D eigenvalue weighted by Crippen LogP contribution is 2.31. The number of anilines is 1. The molecule has 0 heterocycles. The van der Waals surface area contributed by atoms with Gasteiger partial charge in [-0.2, -0.15) is 0 Å². The second-order valence-electron chi connectivity index (χ2n) is 9.26. The number of hydrogen-bond donors (Lipinski definition) is 1. The third kappa shape index (κ3) is 7.22. The van der Waals surface area contributed by atoms with Gasteiger partial charge in [-0.25, -0.2) is 8.42 Å². The average molecular weight is 581 g/mol. The first-order chi connectivity index (χ1) is 17.0. The SMILES string of the molecule is COc1ccc(C)cc1N(CC(=O)N(Cc1ccc(Br)cc1)C(C)C(=O)NC1CCCC1)S(C)(=O)=O. The second kappa shape index (κ2) is 12.1. The van der Waals surface area contributed by atoms with E-state index < -0.39 is 28.5 Å². The molecule has 36 heavy (non-hydrogen) atoms. The van der Waals surface area contributed by atoms with Crippen molar-refractivity contribution in [2.45, 2.75) is 58.2 Å². The predicted octanol–water partition coefficient (Wildman–Crippen LogP) is 4.01. The Bertz CT molecular complexity index is 1180. The summed E-state index contributed by atoms with van der Waals surface area (Å²) in [6.45, 7) is 3.21. The summed E-state index contributed by atoms with van der Waals surface area (Å²) >= 11 is 3.41. The minimum absolute atomic E-state index is 0.105. The molecular weight excluding hydrogens is 546 g/mol. The Balaban J connectivity index is 1.92. The summed E-state index contributed by atoms with van der Waals surface area (Å²) < 4.78 is 32.9. The van der Waals surface area contributed by atoms with Crippen molar-refractivity contribution >= 4 is 43.5 Å². The van der Waals surface area contributed by atoms with Gasteiger partial charge in [-0.1, -0.05) is 47.0 Å². The van der Waals surface area contributed by atoms with E-state index >= 15 is 0 Å². The highest BCUT2D eigenvalue weighted by molar-refractivity contribution is 9.10. The molecule has 1 aliphatic rings. The van der Waals surface area contributed by atoms with Crippen LogP contribution in [0.1, 0.15) is 43.7 Å². The fourth-order valence-electron chi connectivity index (χ4n) is 4.35. The van der Waals surface area contributed by atoms with Crippen molar-refractivity contribution in [3.05, 3.63) is 58.1 Å². The molecule has 3 rings (SSSR count). The maximum absolute atomic E-state index is 13.7. The molecule has 8 nitrogen and oxygen atoms in total. The highest BCUT2D eigenvalue weighted by atomic mass is 79.9. The quantitative estimate of drug-likeness (QED) is 0.459. The van der Waals surface area contributed by atoms with Gasteiger partial charge in [0.2, 0.25) is 21.8 Å². The molecule has 0 bridgehead atoms. The van der Waals surface area contributed by atoms with Gasteiger partial charge in [0.15, 0.2) is 0 Å². The van der Waals surface area contributed by atoms with Gasteiger partial charge < -0.3 is 15.0 Å². The zero-order valence-corrected chi connectivity index (χ0v) is 23.6. The van der Waals surface area contributed by atoms with Gasteiger partial charge in [0, 0.05) is 17.1 Å². The molecule has 0 radical (unpaired) electrons. The molecule has 2 aromatic rings. The highest BCUT2D eigenvalue weighted by Gasteiger charge is 2.32. The normalized spacial score (nSPS) is 14.8. The molecule has 1 unspecified atom stereocenters. The molecular formula is C26H34BrN3O5S. The zero-order chi connectivity index (χ0) is 26.5. The van der Waals surface area contributed by atoms with Gasteiger partial charge in [-0.05, 0) is 62.1 Å². The van der Waals surface area contributed by atoms with Gasteiger partial charge in [0.1, 0.15) is 18.3 Å². The number of aryl methyl sites for hydroxylation is 1. The van der Waals surface area contributed by atoms with Crippen molar-refractivity contribution in [1.29, 1.82) is 0 Å². The van der Waals surface area contributed by atoms with E-state index in [0.29, 0.717) is 5.75 Å². The van der Waals surface area contributed by atoms with Crippen molar-refractivity contribution in [3.8, 4) is 5.75 Å². The Morgan fingerprint density at radius 2 is 1.78 bits per heavy atom. The first-order valence-corrected chi connectivity index (χ1v) is 14.6. The lowest BCUT2D eigenvalue weighted by Crippen LogP contribution is -2.52. The number of methoxy groups -OCH3 is 1. The van der Waals surface area contributed by atoms with Crippen LogP contribution in [0.2, 0.25) is 0 Å². The second-order valence-corrected chi connectivity index (χ2v) is 12.1. The molecule has 1 N–H and O–H groups in total. The Hall–Kier alpha value is -2.59. The van der Waals surface area contributed by atoms with Gasteiger partial charge in [-0.15, -0.1) is 0 Å². The molecule has 2 aromatic carbocycles. The number of amides is 2. The van der Waals surface area contributed by atoms with Crippen LogP contribution in [0.15, 0.2) is 46.9 Å². The van der Waals surface area contributed by atoms with Crippen LogP contribution in [0, 0.1) is 6.92 Å². The minimum atomic E-state index is -3.84. The third-order valence-electron chi connectivity index (χ3n) is 6.42. The van der Waals surface area contributed by atoms with E-state index in [-0.39, 0.29) is 24.2 Å². The summed E-state index contributed by atoms with van der Waals surface area (Å²) in [6.07, 6.45) is 5.05. The largest absolute Gasteiger partial charge is 0.495 e. The summed E-state index contributed by atoms with van der Waals surface area (Å²) in [5.41, 5.74) is 1.93. The molecule has 10 heteroatoms. The lowest BCUT2D eigenvalue weighted by Gasteiger charge is -2.32. The third-order valence-corrected chi connectivity index (χ3v) is 8.07. The van der Waals surface area contributed by atoms with Crippen LogP contribution >= 0.6 is 15.9 Å². The summed E-state index contributed by atoms with van der Waals surface area (Å²) in [4.78, 5) is 28.3. The van der Waals surface area contributed by atoms with E-state index in [1.165, 1.54) is 12.0 Å². The topological polar surface area (TPSA) is 96.0 Å². The average Bonchev–Trinajstić information content (AvgIpc) is 3.33. The number of halogens is 1. The number of rotatable bonds is 10. The number of nitrogens with zero attached hydrogens (tertiary/aromatic N) is 2. The Morgan fingerprint density at radius 1 is 1.14 bits per heavy atom.